The summed E-state index contributed by atoms with van der Waals surface area (Å²) in [6.07, 6.45) is 7.28. The molecule has 3 N–H and O–H groups in total. The topological polar surface area (TPSA) is 58.4 Å². The molecule has 1 atom stereocenters. The molecule has 0 radical (unpaired) electrons. The van der Waals surface area contributed by atoms with Crippen LogP contribution in [0.4, 0.5) is 0 Å². The van der Waals surface area contributed by atoms with Crippen molar-refractivity contribution in [1.82, 2.24) is 10.2 Å². The van der Waals surface area contributed by atoms with Gasteiger partial charge in [0.25, 0.3) is 0 Å². The second kappa shape index (κ2) is 7.99. The number of carbonyl (C=O) groups is 1. The van der Waals surface area contributed by atoms with E-state index in [4.69, 9.17) is 5.73 Å². The van der Waals surface area contributed by atoms with E-state index < -0.39 is 0 Å². The Morgan fingerprint density at radius 3 is 2.45 bits per heavy atom. The minimum atomic E-state index is -0.340. The summed E-state index contributed by atoms with van der Waals surface area (Å²) in [6, 6.07) is -0.340. The van der Waals surface area contributed by atoms with Crippen LogP contribution in [0.5, 0.6) is 0 Å². The molecule has 1 unspecified atom stereocenters. The quantitative estimate of drug-likeness (QED) is 0.751. The van der Waals surface area contributed by atoms with Crippen LogP contribution in [0.2, 0.25) is 0 Å². The smallest absolute Gasteiger partial charge is 0.236 e. The van der Waals surface area contributed by atoms with Crippen molar-refractivity contribution in [3.05, 3.63) is 0 Å². The van der Waals surface area contributed by atoms with Gasteiger partial charge in [-0.15, -0.1) is 0 Å². The van der Waals surface area contributed by atoms with E-state index in [2.05, 4.69) is 38.2 Å². The van der Waals surface area contributed by atoms with Gasteiger partial charge in [0.2, 0.25) is 5.91 Å². The summed E-state index contributed by atoms with van der Waals surface area (Å²) < 4.78 is 0. The van der Waals surface area contributed by atoms with Gasteiger partial charge in [0.1, 0.15) is 0 Å². The fraction of sp³-hybridized carbons (Fsp3) is 0.938. The number of carbonyl (C=O) groups excluding carboxylic acids is 1. The van der Waals surface area contributed by atoms with Crippen LogP contribution in [0.25, 0.3) is 0 Å². The summed E-state index contributed by atoms with van der Waals surface area (Å²) in [6.45, 7) is 5.97. The van der Waals surface area contributed by atoms with Crippen LogP contribution in [0.3, 0.4) is 0 Å². The van der Waals surface area contributed by atoms with Crippen LogP contribution in [0, 0.1) is 11.3 Å². The normalized spacial score (nSPS) is 19.1. The molecule has 0 spiro atoms. The number of hydrogen-bond donors (Lipinski definition) is 2. The third-order valence-corrected chi connectivity index (χ3v) is 4.13. The lowest BCUT2D eigenvalue weighted by Gasteiger charge is -2.29. The van der Waals surface area contributed by atoms with Crippen molar-refractivity contribution >= 4 is 5.91 Å². The highest BCUT2D eigenvalue weighted by molar-refractivity contribution is 5.81. The average Bonchev–Trinajstić information content (AvgIpc) is 2.35. The van der Waals surface area contributed by atoms with Crippen molar-refractivity contribution < 1.29 is 4.79 Å². The average molecular weight is 283 g/mol. The largest absolute Gasteiger partial charge is 0.354 e. The van der Waals surface area contributed by atoms with E-state index in [1.807, 2.05) is 0 Å². The van der Waals surface area contributed by atoms with Gasteiger partial charge in [0.05, 0.1) is 6.04 Å². The summed E-state index contributed by atoms with van der Waals surface area (Å²) in [5, 5.41) is 3.03. The zero-order valence-corrected chi connectivity index (χ0v) is 13.7. The summed E-state index contributed by atoms with van der Waals surface area (Å²) in [7, 11) is 4.11. The number of nitrogens with zero attached hydrogens (tertiary/aromatic N) is 1. The lowest BCUT2D eigenvalue weighted by Crippen LogP contribution is -2.46. The van der Waals surface area contributed by atoms with E-state index in [1.165, 1.54) is 32.1 Å². The molecule has 0 aromatic rings. The summed E-state index contributed by atoms with van der Waals surface area (Å²) in [5.41, 5.74) is 6.13. The number of nitrogens with one attached hydrogen (secondary N) is 1. The first-order chi connectivity index (χ1) is 9.30. The molecule has 4 nitrogen and oxygen atoms in total. The first-order valence-corrected chi connectivity index (χ1v) is 7.98. The maximum atomic E-state index is 12.1. The predicted molar refractivity (Wildman–Crippen MR) is 84.5 cm³/mol. The molecule has 0 bridgehead atoms. The molecule has 0 saturated heterocycles. The molecule has 20 heavy (non-hydrogen) atoms. The lowest BCUT2D eigenvalue weighted by molar-refractivity contribution is -0.123. The van der Waals surface area contributed by atoms with E-state index in [1.54, 1.807) is 0 Å². The van der Waals surface area contributed by atoms with Crippen molar-refractivity contribution in [2.75, 3.05) is 27.2 Å². The monoisotopic (exact) mass is 283 g/mol. The fourth-order valence-electron chi connectivity index (χ4n) is 3.26. The zero-order chi connectivity index (χ0) is 15.2. The van der Waals surface area contributed by atoms with Gasteiger partial charge in [-0.25, -0.2) is 0 Å². The van der Waals surface area contributed by atoms with Gasteiger partial charge in [-0.05, 0) is 31.8 Å². The van der Waals surface area contributed by atoms with Crippen LogP contribution < -0.4 is 11.1 Å². The third-order valence-electron chi connectivity index (χ3n) is 4.13. The molecule has 0 aliphatic heterocycles. The Morgan fingerprint density at radius 2 is 1.90 bits per heavy atom. The Labute approximate surface area is 124 Å². The molecule has 1 fully saturated rings. The first-order valence-electron chi connectivity index (χ1n) is 7.98. The standard InChI is InChI=1S/C16H33N3O/c1-16(2,12-19(3)4)11-18-15(20)14(17)10-13-8-6-5-7-9-13/h13-14H,5-12,17H2,1-4H3,(H,18,20). The molecular formula is C16H33N3O. The SMILES string of the molecule is CN(C)CC(C)(C)CNC(=O)C(N)CC1CCCCC1. The molecule has 0 aromatic carbocycles. The Kier molecular flexibility index (Phi) is 6.96. The van der Waals surface area contributed by atoms with E-state index in [0.717, 1.165) is 13.0 Å². The highest BCUT2D eigenvalue weighted by Gasteiger charge is 2.24. The fourth-order valence-corrected chi connectivity index (χ4v) is 3.26. The van der Waals surface area contributed by atoms with Gasteiger partial charge < -0.3 is 16.0 Å². The third kappa shape index (κ3) is 6.71. The molecular weight excluding hydrogens is 250 g/mol. The summed E-state index contributed by atoms with van der Waals surface area (Å²) >= 11 is 0. The van der Waals surface area contributed by atoms with E-state index >= 15 is 0 Å². The zero-order valence-electron chi connectivity index (χ0n) is 13.7. The Balaban J connectivity index is 2.30. The number of nitrogens with two attached hydrogens (primary N) is 1. The Morgan fingerprint density at radius 1 is 1.30 bits per heavy atom. The highest BCUT2D eigenvalue weighted by Crippen LogP contribution is 2.27. The van der Waals surface area contributed by atoms with Crippen LogP contribution in [0.1, 0.15) is 52.4 Å². The van der Waals surface area contributed by atoms with Crippen LogP contribution in [0.15, 0.2) is 0 Å². The van der Waals surface area contributed by atoms with Crippen molar-refractivity contribution in [1.29, 1.82) is 0 Å². The molecule has 0 aromatic heterocycles. The minimum absolute atomic E-state index is 0.0161. The van der Waals surface area contributed by atoms with Gasteiger partial charge in [-0.2, -0.15) is 0 Å². The van der Waals surface area contributed by atoms with E-state index in [-0.39, 0.29) is 17.4 Å². The summed E-state index contributed by atoms with van der Waals surface area (Å²) in [5.74, 6) is 0.668. The first kappa shape index (κ1) is 17.4. The molecule has 118 valence electrons. The molecule has 1 saturated carbocycles. The van der Waals surface area contributed by atoms with Crippen LogP contribution in [-0.2, 0) is 4.79 Å². The molecule has 1 aliphatic rings. The van der Waals surface area contributed by atoms with Crippen molar-refractivity contribution in [2.24, 2.45) is 17.1 Å². The Bertz CT molecular complexity index is 296. The van der Waals surface area contributed by atoms with Gasteiger partial charge in [-0.3, -0.25) is 4.79 Å². The molecule has 1 amide bonds. The predicted octanol–water partition coefficient (Wildman–Crippen LogP) is 1.99. The maximum Gasteiger partial charge on any atom is 0.236 e. The van der Waals surface area contributed by atoms with Crippen molar-refractivity contribution in [3.8, 4) is 0 Å². The number of hydrogen-bond acceptors (Lipinski definition) is 3. The van der Waals surface area contributed by atoms with E-state index in [9.17, 15) is 4.79 Å². The van der Waals surface area contributed by atoms with Gasteiger partial charge >= 0.3 is 0 Å². The van der Waals surface area contributed by atoms with Crippen LogP contribution >= 0.6 is 0 Å². The molecule has 1 rings (SSSR count). The number of amides is 1. The minimum Gasteiger partial charge on any atom is -0.354 e. The second-order valence-corrected chi connectivity index (χ2v) is 7.47. The van der Waals surface area contributed by atoms with Crippen molar-refractivity contribution in [2.45, 2.75) is 58.4 Å². The molecule has 4 heteroatoms. The van der Waals surface area contributed by atoms with E-state index in [0.29, 0.717) is 12.5 Å². The van der Waals surface area contributed by atoms with Gasteiger partial charge in [-0.1, -0.05) is 46.0 Å². The van der Waals surface area contributed by atoms with Gasteiger partial charge in [0, 0.05) is 13.1 Å². The van der Waals surface area contributed by atoms with Gasteiger partial charge in [0.15, 0.2) is 0 Å². The number of rotatable bonds is 7. The summed E-state index contributed by atoms with van der Waals surface area (Å²) in [4.78, 5) is 14.2. The maximum absolute atomic E-state index is 12.1. The van der Waals surface area contributed by atoms with Crippen molar-refractivity contribution in [3.63, 3.8) is 0 Å². The molecule has 0 heterocycles. The molecule has 1 aliphatic carbocycles. The Hall–Kier alpha value is -0.610. The van der Waals surface area contributed by atoms with Crippen LogP contribution in [-0.4, -0.2) is 44.0 Å². The second-order valence-electron chi connectivity index (χ2n) is 7.47. The lowest BCUT2D eigenvalue weighted by atomic mass is 9.84. The highest BCUT2D eigenvalue weighted by atomic mass is 16.2.